The van der Waals surface area contributed by atoms with Crippen molar-refractivity contribution in [1.82, 2.24) is 20.4 Å². The molecule has 2 aromatic rings. The fraction of sp³-hybridized carbons (Fsp3) is 0.312. The number of benzene rings is 1. The minimum atomic E-state index is -0.188. The van der Waals surface area contributed by atoms with Gasteiger partial charge in [-0.3, -0.25) is 9.80 Å². The summed E-state index contributed by atoms with van der Waals surface area (Å²) in [5.74, 6) is 1.62. The van der Waals surface area contributed by atoms with E-state index in [-0.39, 0.29) is 5.56 Å². The van der Waals surface area contributed by atoms with Crippen molar-refractivity contribution in [1.29, 1.82) is 0 Å². The van der Waals surface area contributed by atoms with Crippen LogP contribution in [0.3, 0.4) is 0 Å². The average molecular weight is 313 g/mol. The molecule has 0 fully saturated rings. The van der Waals surface area contributed by atoms with Crippen LogP contribution in [0.1, 0.15) is 18.9 Å². The van der Waals surface area contributed by atoms with Gasteiger partial charge in [-0.25, -0.2) is 15.4 Å². The highest BCUT2D eigenvalue weighted by molar-refractivity contribution is 5.68. The Morgan fingerprint density at radius 2 is 2.22 bits per heavy atom. The minimum Gasteiger partial charge on any atom is -0.493 e. The smallest absolute Gasteiger partial charge is 0.258 e. The molecule has 0 bridgehead atoms. The highest BCUT2D eigenvalue weighted by atomic mass is 16.5. The number of hydrogen-bond donors (Lipinski definition) is 2. The molecule has 1 aliphatic heterocycles. The third-order valence-electron chi connectivity index (χ3n) is 3.53. The summed E-state index contributed by atoms with van der Waals surface area (Å²) in [5.41, 5.74) is 4.04. The molecular weight excluding hydrogens is 294 g/mol. The van der Waals surface area contributed by atoms with Crippen LogP contribution in [0.15, 0.2) is 34.1 Å². The zero-order valence-electron chi connectivity index (χ0n) is 13.2. The van der Waals surface area contributed by atoms with Crippen LogP contribution in [0, 0.1) is 0 Å². The molecule has 1 aromatic carbocycles. The molecule has 0 aliphatic carbocycles. The normalized spacial score (nSPS) is 13.0. The average Bonchev–Trinajstić information content (AvgIpc) is 2.60. The number of para-hydroxylation sites is 1. The van der Waals surface area contributed by atoms with Gasteiger partial charge < -0.3 is 9.72 Å². The Morgan fingerprint density at radius 3 is 3.00 bits per heavy atom. The summed E-state index contributed by atoms with van der Waals surface area (Å²) in [5, 5.41) is 1.72. The van der Waals surface area contributed by atoms with Gasteiger partial charge in [-0.2, -0.15) is 0 Å². The highest BCUT2D eigenvalue weighted by Crippen LogP contribution is 2.29. The molecule has 0 spiro atoms. The molecule has 2 heterocycles. The summed E-state index contributed by atoms with van der Waals surface area (Å²) in [6, 6.07) is 7.53. The van der Waals surface area contributed by atoms with Crippen molar-refractivity contribution < 1.29 is 4.74 Å². The standard InChI is InChI=1S/C16H19N5O2/c1-3-8-23-13-7-5-4-6-11(13)15-19-14-12(16(22)20-15)9-21(17-2)10-18-14/h4-7,10,17H,3,8-9H2,1-2H3,(H,19,20,22). The molecule has 0 unspecified atom stereocenters. The van der Waals surface area contributed by atoms with E-state index in [0.717, 1.165) is 12.0 Å². The monoisotopic (exact) mass is 313 g/mol. The second kappa shape index (κ2) is 6.62. The number of aliphatic imine (C=N–C) groups is 1. The molecular formula is C16H19N5O2. The number of H-pyrrole nitrogens is 1. The Hall–Kier alpha value is -2.67. The number of nitrogens with one attached hydrogen (secondary N) is 2. The van der Waals surface area contributed by atoms with Crippen molar-refractivity contribution in [3.63, 3.8) is 0 Å². The van der Waals surface area contributed by atoms with Gasteiger partial charge in [-0.05, 0) is 18.6 Å². The van der Waals surface area contributed by atoms with Crippen molar-refractivity contribution >= 4 is 12.2 Å². The largest absolute Gasteiger partial charge is 0.493 e. The Balaban J connectivity index is 2.03. The quantitative estimate of drug-likeness (QED) is 0.880. The first-order valence-corrected chi connectivity index (χ1v) is 7.56. The predicted octanol–water partition coefficient (Wildman–Crippen LogP) is 1.84. The lowest BCUT2D eigenvalue weighted by molar-refractivity contribution is 0.318. The number of aromatic nitrogens is 2. The maximum absolute atomic E-state index is 12.4. The van der Waals surface area contributed by atoms with E-state index in [1.165, 1.54) is 0 Å². The molecule has 3 rings (SSSR count). The van der Waals surface area contributed by atoms with Crippen LogP contribution < -0.4 is 15.7 Å². The van der Waals surface area contributed by atoms with Crippen LogP contribution in [-0.2, 0) is 6.54 Å². The number of fused-ring (bicyclic) bond motifs is 1. The SMILES string of the molecule is CCCOc1ccccc1-c1nc2c(c(=O)[nH]1)CN(NC)C=N2. The summed E-state index contributed by atoms with van der Waals surface area (Å²) < 4.78 is 5.74. The number of ether oxygens (including phenoxy) is 1. The van der Waals surface area contributed by atoms with Crippen molar-refractivity contribution in [2.75, 3.05) is 13.7 Å². The number of hydrogen-bond acceptors (Lipinski definition) is 6. The van der Waals surface area contributed by atoms with Crippen molar-refractivity contribution in [3.8, 4) is 17.1 Å². The molecule has 0 saturated carbocycles. The third kappa shape index (κ3) is 3.09. The Kier molecular flexibility index (Phi) is 4.38. The lowest BCUT2D eigenvalue weighted by atomic mass is 10.1. The maximum Gasteiger partial charge on any atom is 0.258 e. The van der Waals surface area contributed by atoms with Crippen LogP contribution in [-0.4, -0.2) is 35.0 Å². The number of aromatic amines is 1. The summed E-state index contributed by atoms with van der Waals surface area (Å²) in [6.45, 7) is 3.08. The summed E-state index contributed by atoms with van der Waals surface area (Å²) in [6.07, 6.45) is 2.53. The molecule has 0 atom stereocenters. The van der Waals surface area contributed by atoms with Crippen LogP contribution in [0.4, 0.5) is 5.82 Å². The lowest BCUT2D eigenvalue weighted by Gasteiger charge is -2.22. The molecule has 0 amide bonds. The van der Waals surface area contributed by atoms with Crippen LogP contribution in [0.25, 0.3) is 11.4 Å². The molecule has 23 heavy (non-hydrogen) atoms. The van der Waals surface area contributed by atoms with Gasteiger partial charge in [0.25, 0.3) is 5.56 Å². The molecule has 2 N–H and O–H groups in total. The van der Waals surface area contributed by atoms with Crippen molar-refractivity contribution in [3.05, 3.63) is 40.2 Å². The number of hydrazine groups is 1. The van der Waals surface area contributed by atoms with E-state index in [1.54, 1.807) is 18.4 Å². The number of rotatable bonds is 5. The fourth-order valence-corrected chi connectivity index (χ4v) is 2.34. The van der Waals surface area contributed by atoms with E-state index in [0.29, 0.717) is 36.1 Å². The van der Waals surface area contributed by atoms with Gasteiger partial charge in [0.2, 0.25) is 0 Å². The predicted molar refractivity (Wildman–Crippen MR) is 88.8 cm³/mol. The van der Waals surface area contributed by atoms with E-state index in [1.807, 2.05) is 31.2 Å². The topological polar surface area (TPSA) is 82.6 Å². The summed E-state index contributed by atoms with van der Waals surface area (Å²) in [7, 11) is 1.77. The van der Waals surface area contributed by atoms with E-state index >= 15 is 0 Å². The van der Waals surface area contributed by atoms with Crippen molar-refractivity contribution in [2.45, 2.75) is 19.9 Å². The Bertz CT molecular complexity index is 784. The molecule has 1 aromatic heterocycles. The minimum absolute atomic E-state index is 0.188. The summed E-state index contributed by atoms with van der Waals surface area (Å²) >= 11 is 0. The second-order valence-corrected chi connectivity index (χ2v) is 5.16. The van der Waals surface area contributed by atoms with E-state index in [9.17, 15) is 4.79 Å². The molecule has 0 radical (unpaired) electrons. The van der Waals surface area contributed by atoms with E-state index in [4.69, 9.17) is 4.74 Å². The van der Waals surface area contributed by atoms with Crippen LogP contribution in [0.5, 0.6) is 5.75 Å². The lowest BCUT2D eigenvalue weighted by Crippen LogP contribution is -2.37. The molecule has 0 saturated heterocycles. The van der Waals surface area contributed by atoms with Gasteiger partial charge in [-0.1, -0.05) is 19.1 Å². The van der Waals surface area contributed by atoms with E-state index in [2.05, 4.69) is 20.4 Å². The zero-order valence-corrected chi connectivity index (χ0v) is 13.2. The van der Waals surface area contributed by atoms with Gasteiger partial charge >= 0.3 is 0 Å². The molecule has 7 nitrogen and oxygen atoms in total. The van der Waals surface area contributed by atoms with Crippen molar-refractivity contribution in [2.24, 2.45) is 4.99 Å². The maximum atomic E-state index is 12.4. The van der Waals surface area contributed by atoms with Crippen LogP contribution >= 0.6 is 0 Å². The molecule has 120 valence electrons. The first-order valence-electron chi connectivity index (χ1n) is 7.56. The first-order chi connectivity index (χ1) is 11.2. The van der Waals surface area contributed by atoms with Crippen LogP contribution in [0.2, 0.25) is 0 Å². The number of nitrogens with zero attached hydrogens (tertiary/aromatic N) is 3. The molecule has 7 heteroatoms. The zero-order chi connectivity index (χ0) is 16.2. The fourth-order valence-electron chi connectivity index (χ4n) is 2.34. The van der Waals surface area contributed by atoms with Gasteiger partial charge in [0.05, 0.1) is 24.3 Å². The second-order valence-electron chi connectivity index (χ2n) is 5.16. The molecule has 1 aliphatic rings. The third-order valence-corrected chi connectivity index (χ3v) is 3.53. The van der Waals surface area contributed by atoms with Gasteiger partial charge in [0.15, 0.2) is 5.82 Å². The Labute approximate surface area is 134 Å². The van der Waals surface area contributed by atoms with E-state index < -0.39 is 0 Å². The Morgan fingerprint density at radius 1 is 1.39 bits per heavy atom. The highest BCUT2D eigenvalue weighted by Gasteiger charge is 2.18. The van der Waals surface area contributed by atoms with Gasteiger partial charge in [-0.15, -0.1) is 0 Å². The summed E-state index contributed by atoms with van der Waals surface area (Å²) in [4.78, 5) is 24.0. The van der Waals surface area contributed by atoms with Gasteiger partial charge in [0, 0.05) is 7.05 Å². The first kappa shape index (κ1) is 15.2. The van der Waals surface area contributed by atoms with Gasteiger partial charge in [0.1, 0.15) is 17.9 Å².